The highest BCUT2D eigenvalue weighted by Crippen LogP contribution is 2.46. The van der Waals surface area contributed by atoms with Gasteiger partial charge in [-0.1, -0.05) is 85.7 Å². The molecule has 0 radical (unpaired) electrons. The molecule has 1 saturated heterocycles. The van der Waals surface area contributed by atoms with Crippen molar-refractivity contribution in [3.05, 3.63) is 69.0 Å². The summed E-state index contributed by atoms with van der Waals surface area (Å²) in [5.74, 6) is -0.222. The lowest BCUT2D eigenvalue weighted by Crippen LogP contribution is -2.58. The Labute approximate surface area is 339 Å². The van der Waals surface area contributed by atoms with Crippen LogP contribution in [-0.2, 0) is 29.7 Å². The number of carbonyl (C=O) groups excluding carboxylic acids is 2. The van der Waals surface area contributed by atoms with Crippen LogP contribution in [0.5, 0.6) is 0 Å². The molecule has 57 heavy (non-hydrogen) atoms. The largest absolute Gasteiger partial charge is 0.445 e. The molecule has 0 saturated carbocycles. The molecular weight excluding hydrogens is 767 g/mol. The van der Waals surface area contributed by atoms with E-state index in [1.54, 1.807) is 0 Å². The highest BCUT2D eigenvalue weighted by atomic mass is 28.4. The van der Waals surface area contributed by atoms with Crippen molar-refractivity contribution >= 4 is 28.6 Å². The second-order valence-electron chi connectivity index (χ2n) is 18.5. The molecule has 17 heteroatoms. The first-order chi connectivity index (χ1) is 26.4. The number of aliphatic hydroxyl groups is 2. The van der Waals surface area contributed by atoms with E-state index in [2.05, 4.69) is 88.7 Å². The number of H-pyrrole nitrogens is 1. The second kappa shape index (κ2) is 20.2. The molecule has 2 aromatic rings. The van der Waals surface area contributed by atoms with E-state index in [-0.39, 0.29) is 35.1 Å². The van der Waals surface area contributed by atoms with Gasteiger partial charge in [-0.15, -0.1) is 0 Å². The number of hydrogen-bond acceptors (Lipinski definition) is 11. The van der Waals surface area contributed by atoms with Crippen LogP contribution in [0, 0.1) is 5.92 Å². The Morgan fingerprint density at radius 2 is 1.53 bits per heavy atom. The number of ether oxygens (including phenoxy) is 2. The topological polar surface area (TPSA) is 202 Å². The van der Waals surface area contributed by atoms with Crippen LogP contribution in [0.2, 0.25) is 36.3 Å². The predicted octanol–water partition coefficient (Wildman–Crippen LogP) is 4.37. The van der Waals surface area contributed by atoms with Gasteiger partial charge in [-0.2, -0.15) is 0 Å². The average Bonchev–Trinajstić information content (AvgIpc) is 3.43. The van der Waals surface area contributed by atoms with Crippen molar-refractivity contribution in [1.29, 1.82) is 0 Å². The van der Waals surface area contributed by atoms with Gasteiger partial charge in [0.2, 0.25) is 5.91 Å². The zero-order valence-corrected chi connectivity index (χ0v) is 38.0. The highest BCUT2D eigenvalue weighted by Gasteiger charge is 2.56. The second-order valence-corrected chi connectivity index (χ2v) is 28.0. The maximum Gasteiger partial charge on any atom is 0.408 e. The van der Waals surface area contributed by atoms with E-state index in [0.717, 1.165) is 5.56 Å². The minimum Gasteiger partial charge on any atom is -0.445 e. The zero-order chi connectivity index (χ0) is 42.9. The van der Waals surface area contributed by atoms with Gasteiger partial charge in [-0.25, -0.2) is 9.59 Å². The maximum absolute atomic E-state index is 13.2. The van der Waals surface area contributed by atoms with E-state index >= 15 is 0 Å². The molecule has 2 amide bonds. The molecule has 1 aromatic heterocycles. The number of nitrogens with zero attached hydrogens (tertiary/aromatic N) is 1. The summed E-state index contributed by atoms with van der Waals surface area (Å²) in [5.41, 5.74) is -0.417. The fraction of sp³-hybridized carbons (Fsp3) is 0.700. The van der Waals surface area contributed by atoms with E-state index in [9.17, 15) is 29.4 Å². The first kappa shape index (κ1) is 48.2. The van der Waals surface area contributed by atoms with Gasteiger partial charge in [-0.05, 0) is 67.1 Å². The Balaban J connectivity index is 1.77. The molecule has 3 rings (SSSR count). The molecule has 1 aromatic carbocycles. The van der Waals surface area contributed by atoms with E-state index in [1.165, 1.54) is 16.8 Å². The van der Waals surface area contributed by atoms with Crippen LogP contribution in [0.15, 0.2) is 52.2 Å². The minimum absolute atomic E-state index is 0.0813. The standard InChI is InChI=1S/C40H69N5O10Si2/c1-26(2)23-28(43-38(51)52-25-27-17-14-13-15-18-27)35(49)42-21-16-20-41-29(24-46)31(48)32-33(54-56(9,10)39(3,4)5)34(55-57(11,12)40(6,7)8)36(53-32)45-22-19-30(47)44-37(45)50/h13-15,17-19,22,26,28-29,31-34,36,41,46,48H,16,20-21,23-25H2,1-12H3,(H,42,49)(H,43,51)(H,44,47,50)/t28-,29-,31?,32+,33+,34+,36+/m0/s1. The number of aliphatic hydroxyl groups excluding tert-OH is 2. The van der Waals surface area contributed by atoms with Crippen molar-refractivity contribution in [1.82, 2.24) is 25.5 Å². The zero-order valence-electron chi connectivity index (χ0n) is 36.0. The van der Waals surface area contributed by atoms with Crippen LogP contribution in [0.1, 0.15) is 80.0 Å². The molecule has 0 bridgehead atoms. The molecule has 15 nitrogen and oxygen atoms in total. The number of benzene rings is 1. The maximum atomic E-state index is 13.2. The smallest absolute Gasteiger partial charge is 0.408 e. The van der Waals surface area contributed by atoms with Gasteiger partial charge in [0.1, 0.15) is 37.1 Å². The van der Waals surface area contributed by atoms with Crippen LogP contribution in [0.4, 0.5) is 4.79 Å². The molecule has 1 unspecified atom stereocenters. The van der Waals surface area contributed by atoms with Crippen LogP contribution in [0.3, 0.4) is 0 Å². The van der Waals surface area contributed by atoms with Crippen molar-refractivity contribution in [2.75, 3.05) is 19.7 Å². The SMILES string of the molecule is CC(C)C[C@H](NC(=O)OCc1ccccc1)C(=O)NCCCN[C@@H](CO)C(O)[C@H]1O[C@@H](n2ccc(=O)[nH]c2=O)[C@H](O[Si](C)(C)C(C)(C)C)[C@@H]1O[Si](C)(C)C(C)(C)C. The summed E-state index contributed by atoms with van der Waals surface area (Å²) in [6, 6.07) is 8.82. The Morgan fingerprint density at radius 3 is 2.07 bits per heavy atom. The molecule has 1 aliphatic heterocycles. The van der Waals surface area contributed by atoms with Gasteiger partial charge in [0, 0.05) is 18.8 Å². The molecule has 1 fully saturated rings. The molecule has 0 aliphatic carbocycles. The first-order valence-electron chi connectivity index (χ1n) is 20.0. The lowest BCUT2D eigenvalue weighted by atomic mass is 10.00. The first-order valence-corrected chi connectivity index (χ1v) is 25.8. The predicted molar refractivity (Wildman–Crippen MR) is 225 cm³/mol. The number of amides is 2. The minimum atomic E-state index is -2.57. The number of rotatable bonds is 19. The highest BCUT2D eigenvalue weighted by molar-refractivity contribution is 6.74. The third-order valence-corrected chi connectivity index (χ3v) is 20.3. The summed E-state index contributed by atoms with van der Waals surface area (Å²) < 4.78 is 27.2. The van der Waals surface area contributed by atoms with Gasteiger partial charge in [0.25, 0.3) is 5.56 Å². The molecule has 0 spiro atoms. The van der Waals surface area contributed by atoms with Crippen molar-refractivity contribution in [2.24, 2.45) is 5.92 Å². The molecule has 2 heterocycles. The molecule has 322 valence electrons. The number of aromatic amines is 1. The van der Waals surface area contributed by atoms with Gasteiger partial charge in [-0.3, -0.25) is 19.1 Å². The van der Waals surface area contributed by atoms with Gasteiger partial charge >= 0.3 is 11.8 Å². The Kier molecular flexibility index (Phi) is 17.1. The van der Waals surface area contributed by atoms with Crippen LogP contribution < -0.4 is 27.2 Å². The number of carbonyl (C=O) groups is 2. The quantitative estimate of drug-likeness (QED) is 0.0867. The summed E-state index contributed by atoms with van der Waals surface area (Å²) in [6.45, 7) is 25.1. The van der Waals surface area contributed by atoms with Crippen LogP contribution >= 0.6 is 0 Å². The Hall–Kier alpha value is -3.17. The van der Waals surface area contributed by atoms with Crippen LogP contribution in [-0.4, -0.2) is 105 Å². The monoisotopic (exact) mass is 835 g/mol. The van der Waals surface area contributed by atoms with E-state index < -0.39 is 83.3 Å². The van der Waals surface area contributed by atoms with E-state index in [1.807, 2.05) is 44.2 Å². The van der Waals surface area contributed by atoms with Crippen molar-refractivity contribution in [3.8, 4) is 0 Å². The number of alkyl carbamates (subject to hydrolysis) is 1. The third-order valence-electron chi connectivity index (χ3n) is 11.4. The molecule has 6 N–H and O–H groups in total. The van der Waals surface area contributed by atoms with Crippen molar-refractivity contribution in [2.45, 2.75) is 154 Å². The number of aromatic nitrogens is 2. The van der Waals surface area contributed by atoms with E-state index in [4.69, 9.17) is 18.3 Å². The summed E-state index contributed by atoms with van der Waals surface area (Å²) >= 11 is 0. The molecule has 1 aliphatic rings. The van der Waals surface area contributed by atoms with Crippen molar-refractivity contribution < 1.29 is 38.1 Å². The molecule has 7 atom stereocenters. The lowest BCUT2D eigenvalue weighted by molar-refractivity contribution is -0.123. The Morgan fingerprint density at radius 1 is 0.930 bits per heavy atom. The number of hydrogen-bond donors (Lipinski definition) is 6. The number of nitrogens with one attached hydrogen (secondary N) is 4. The van der Waals surface area contributed by atoms with Gasteiger partial charge < -0.3 is 44.5 Å². The van der Waals surface area contributed by atoms with Gasteiger partial charge in [0.05, 0.1) is 12.6 Å². The normalized spacial score (nSPS) is 20.9. The molecular formula is C40H69N5O10Si2. The summed E-state index contributed by atoms with van der Waals surface area (Å²) in [7, 11) is -5.14. The Bertz CT molecular complexity index is 1710. The van der Waals surface area contributed by atoms with Gasteiger partial charge in [0.15, 0.2) is 22.9 Å². The average molecular weight is 836 g/mol. The summed E-state index contributed by atoms with van der Waals surface area (Å²) in [6.07, 6.45) is -3.61. The van der Waals surface area contributed by atoms with Crippen molar-refractivity contribution in [3.63, 3.8) is 0 Å². The van der Waals surface area contributed by atoms with E-state index in [0.29, 0.717) is 19.4 Å². The summed E-state index contributed by atoms with van der Waals surface area (Å²) in [4.78, 5) is 53.3. The lowest BCUT2D eigenvalue weighted by Gasteiger charge is -2.44. The fourth-order valence-corrected chi connectivity index (χ4v) is 8.51. The summed E-state index contributed by atoms with van der Waals surface area (Å²) in [5, 5.41) is 30.9. The third kappa shape index (κ3) is 13.4. The van der Waals surface area contributed by atoms with Crippen LogP contribution in [0.25, 0.3) is 0 Å². The fourth-order valence-electron chi connectivity index (χ4n) is 5.93.